The van der Waals surface area contributed by atoms with Crippen molar-refractivity contribution in [2.24, 2.45) is 23.7 Å². The zero-order valence-electron chi connectivity index (χ0n) is 31.0. The third kappa shape index (κ3) is 15.5. The second-order valence-corrected chi connectivity index (χ2v) is 14.2. The standard InChI is InChI=1S/C37H58N6O8/c1-22(2)18-27(29(44)19-25(7)33(46)42-31(23(3)4)35(48)39-21-26-14-10-8-11-15-26)40-34(47)28-20-30(45)38-16-12-9-13-17-51-37(50)43-32(24(5)6)36(49)41-28/h8-12,14-15,22-25,27-29,31-32,44H,13,16-21H2,1-7H3,(H,38,45)(H,39,48)(H,40,47)(H,41,49)(H,42,46)(H,43,50)/t25-,27+,28+,29+,31+,32+/m1/s1. The minimum absolute atomic E-state index is 0.0193. The molecule has 7 N–H and O–H groups in total. The predicted octanol–water partition coefficient (Wildman–Crippen LogP) is 2.06. The van der Waals surface area contributed by atoms with Crippen LogP contribution in [0.5, 0.6) is 0 Å². The summed E-state index contributed by atoms with van der Waals surface area (Å²) in [6.45, 7) is 13.1. The molecule has 0 bridgehead atoms. The van der Waals surface area contributed by atoms with Crippen LogP contribution in [0, 0.1) is 23.7 Å². The maximum atomic E-state index is 13.7. The van der Waals surface area contributed by atoms with Crippen molar-refractivity contribution >= 4 is 35.6 Å². The Morgan fingerprint density at radius 2 is 1.59 bits per heavy atom. The second-order valence-electron chi connectivity index (χ2n) is 14.2. The highest BCUT2D eigenvalue weighted by Crippen LogP contribution is 2.17. The summed E-state index contributed by atoms with van der Waals surface area (Å²) in [5.41, 5.74) is 0.922. The van der Waals surface area contributed by atoms with E-state index in [-0.39, 0.29) is 43.2 Å². The van der Waals surface area contributed by atoms with Crippen LogP contribution in [-0.2, 0) is 35.3 Å². The van der Waals surface area contributed by atoms with Gasteiger partial charge in [0.05, 0.1) is 25.2 Å². The van der Waals surface area contributed by atoms with Crippen LogP contribution in [0.3, 0.4) is 0 Å². The van der Waals surface area contributed by atoms with Gasteiger partial charge >= 0.3 is 6.09 Å². The van der Waals surface area contributed by atoms with Gasteiger partial charge in [0.15, 0.2) is 0 Å². The number of ether oxygens (including phenoxy) is 1. The van der Waals surface area contributed by atoms with Crippen molar-refractivity contribution < 1.29 is 38.6 Å². The second kappa shape index (κ2) is 21.7. The molecular formula is C37H58N6O8. The van der Waals surface area contributed by atoms with Crippen LogP contribution in [0.15, 0.2) is 42.5 Å². The molecule has 1 aromatic carbocycles. The molecule has 284 valence electrons. The highest BCUT2D eigenvalue weighted by atomic mass is 16.5. The Morgan fingerprint density at radius 1 is 0.902 bits per heavy atom. The van der Waals surface area contributed by atoms with Crippen LogP contribution in [0.1, 0.15) is 79.7 Å². The van der Waals surface area contributed by atoms with E-state index in [1.807, 2.05) is 58.0 Å². The van der Waals surface area contributed by atoms with Gasteiger partial charge in [0.25, 0.3) is 0 Å². The number of hydrogen-bond donors (Lipinski definition) is 7. The van der Waals surface area contributed by atoms with E-state index in [9.17, 15) is 33.9 Å². The number of aliphatic hydroxyl groups excluding tert-OH is 1. The summed E-state index contributed by atoms with van der Waals surface area (Å²) in [6, 6.07) is 5.38. The molecule has 14 nitrogen and oxygen atoms in total. The van der Waals surface area contributed by atoms with Crippen molar-refractivity contribution in [2.45, 2.75) is 111 Å². The molecule has 0 fully saturated rings. The van der Waals surface area contributed by atoms with Gasteiger partial charge in [-0.25, -0.2) is 4.79 Å². The number of aliphatic hydroxyl groups is 1. The fourth-order valence-electron chi connectivity index (χ4n) is 5.49. The summed E-state index contributed by atoms with van der Waals surface area (Å²) < 4.78 is 5.15. The Kier molecular flexibility index (Phi) is 18.2. The molecule has 51 heavy (non-hydrogen) atoms. The quantitative estimate of drug-likeness (QED) is 0.142. The summed E-state index contributed by atoms with van der Waals surface area (Å²) in [5, 5.41) is 27.7. The van der Waals surface area contributed by atoms with Crippen LogP contribution >= 0.6 is 0 Å². The molecule has 1 aliphatic heterocycles. The Hall–Kier alpha value is -4.46. The summed E-state index contributed by atoms with van der Waals surface area (Å²) in [4.78, 5) is 78.6. The average molecular weight is 715 g/mol. The maximum Gasteiger partial charge on any atom is 0.407 e. The number of carbonyl (C=O) groups is 6. The summed E-state index contributed by atoms with van der Waals surface area (Å²) in [7, 11) is 0. The fourth-order valence-corrected chi connectivity index (χ4v) is 5.49. The van der Waals surface area contributed by atoms with E-state index >= 15 is 0 Å². The van der Waals surface area contributed by atoms with E-state index < -0.39 is 72.3 Å². The molecule has 0 saturated carbocycles. The zero-order valence-corrected chi connectivity index (χ0v) is 31.0. The molecule has 0 aliphatic carbocycles. The van der Waals surface area contributed by atoms with Crippen molar-refractivity contribution in [1.29, 1.82) is 0 Å². The number of benzene rings is 1. The lowest BCUT2D eigenvalue weighted by Gasteiger charge is -2.30. The normalized spacial score (nSPS) is 20.0. The van der Waals surface area contributed by atoms with Crippen molar-refractivity contribution in [2.75, 3.05) is 13.2 Å². The van der Waals surface area contributed by atoms with E-state index in [1.165, 1.54) is 0 Å². The zero-order chi connectivity index (χ0) is 38.1. The number of cyclic esters (lactones) is 1. The van der Waals surface area contributed by atoms with Crippen molar-refractivity contribution in [3.05, 3.63) is 48.0 Å². The first-order chi connectivity index (χ1) is 24.1. The molecule has 0 aromatic heterocycles. The smallest absolute Gasteiger partial charge is 0.407 e. The van der Waals surface area contributed by atoms with Crippen molar-refractivity contribution in [1.82, 2.24) is 31.9 Å². The first-order valence-corrected chi connectivity index (χ1v) is 17.8. The molecule has 0 unspecified atom stereocenters. The van der Waals surface area contributed by atoms with Crippen molar-refractivity contribution in [3.8, 4) is 0 Å². The summed E-state index contributed by atoms with van der Waals surface area (Å²) >= 11 is 0. The van der Waals surface area contributed by atoms with Gasteiger partial charge in [-0.05, 0) is 42.6 Å². The van der Waals surface area contributed by atoms with Gasteiger partial charge in [-0.1, -0.05) is 91.0 Å². The number of hydrogen-bond acceptors (Lipinski definition) is 8. The fraction of sp³-hybridized carbons (Fsp3) is 0.622. The third-order valence-corrected chi connectivity index (χ3v) is 8.46. The first kappa shape index (κ1) is 42.7. The SMILES string of the molecule is CC(C)C[C@H](NC(=O)[C@@H]1CC(=O)NCC=CCCOC(=O)N[C@@H](C(C)C)C(=O)N1)[C@@H](O)C[C@@H](C)C(=O)N[C@H](C(=O)NCc1ccccc1)C(C)C. The Balaban J connectivity index is 2.17. The van der Waals surface area contributed by atoms with E-state index in [2.05, 4.69) is 31.9 Å². The molecule has 6 atom stereocenters. The van der Waals surface area contributed by atoms with Gasteiger partial charge in [0.1, 0.15) is 18.1 Å². The molecule has 0 spiro atoms. The van der Waals surface area contributed by atoms with Crippen LogP contribution < -0.4 is 31.9 Å². The Bertz CT molecular complexity index is 1340. The van der Waals surface area contributed by atoms with Crippen molar-refractivity contribution in [3.63, 3.8) is 0 Å². The van der Waals surface area contributed by atoms with Gasteiger partial charge in [-0.3, -0.25) is 24.0 Å². The summed E-state index contributed by atoms with van der Waals surface area (Å²) in [6.07, 6.45) is 1.77. The molecular weight excluding hydrogens is 656 g/mol. The van der Waals surface area contributed by atoms with Gasteiger partial charge in [-0.2, -0.15) is 0 Å². The predicted molar refractivity (Wildman–Crippen MR) is 193 cm³/mol. The summed E-state index contributed by atoms with van der Waals surface area (Å²) in [5.74, 6) is -3.93. The number of nitrogens with one attached hydrogen (secondary N) is 6. The van der Waals surface area contributed by atoms with Crippen LogP contribution in [-0.4, -0.2) is 84.2 Å². The monoisotopic (exact) mass is 714 g/mol. The average Bonchev–Trinajstić information content (AvgIpc) is 3.07. The molecule has 6 amide bonds. The van der Waals surface area contributed by atoms with Crippen LogP contribution in [0.25, 0.3) is 0 Å². The number of amides is 6. The van der Waals surface area contributed by atoms with Gasteiger partial charge in [0.2, 0.25) is 29.5 Å². The molecule has 1 aromatic rings. The van der Waals surface area contributed by atoms with Gasteiger partial charge in [0, 0.05) is 19.0 Å². The van der Waals surface area contributed by atoms with Crippen LogP contribution in [0.4, 0.5) is 4.79 Å². The minimum Gasteiger partial charge on any atom is -0.449 e. The Labute approximate surface area is 301 Å². The molecule has 1 aliphatic rings. The van der Waals surface area contributed by atoms with E-state index in [4.69, 9.17) is 4.74 Å². The first-order valence-electron chi connectivity index (χ1n) is 17.8. The highest BCUT2D eigenvalue weighted by molar-refractivity contribution is 5.94. The molecule has 0 saturated heterocycles. The lowest BCUT2D eigenvalue weighted by molar-refractivity contribution is -0.134. The number of carbonyl (C=O) groups excluding carboxylic acids is 6. The number of alkyl carbamates (subject to hydrolysis) is 1. The van der Waals surface area contributed by atoms with E-state index in [0.29, 0.717) is 19.4 Å². The maximum absolute atomic E-state index is 13.7. The molecule has 1 heterocycles. The van der Waals surface area contributed by atoms with Gasteiger partial charge < -0.3 is 41.7 Å². The van der Waals surface area contributed by atoms with E-state index in [1.54, 1.807) is 32.9 Å². The Morgan fingerprint density at radius 3 is 2.22 bits per heavy atom. The lowest BCUT2D eigenvalue weighted by atomic mass is 9.91. The molecule has 2 rings (SSSR count). The molecule has 14 heteroatoms. The van der Waals surface area contributed by atoms with Gasteiger partial charge in [-0.15, -0.1) is 0 Å². The molecule has 0 radical (unpaired) electrons. The van der Waals surface area contributed by atoms with E-state index in [0.717, 1.165) is 5.56 Å². The highest BCUT2D eigenvalue weighted by Gasteiger charge is 2.34. The van der Waals surface area contributed by atoms with Crippen LogP contribution in [0.2, 0.25) is 0 Å². The topological polar surface area (TPSA) is 204 Å². The third-order valence-electron chi connectivity index (χ3n) is 8.46. The lowest BCUT2D eigenvalue weighted by Crippen LogP contribution is -2.58. The largest absolute Gasteiger partial charge is 0.449 e. The number of rotatable bonds is 14. The minimum atomic E-state index is -1.34.